The first-order valence-corrected chi connectivity index (χ1v) is 0.928. The van der Waals surface area contributed by atoms with Crippen LogP contribution in [0.1, 0.15) is 20.1 Å². The summed E-state index contributed by atoms with van der Waals surface area (Å²) in [7, 11) is 0. The summed E-state index contributed by atoms with van der Waals surface area (Å²) in [5, 5.41) is 8.04. The molecule has 0 amide bonds. The van der Waals surface area contributed by atoms with E-state index in [1.807, 2.05) is 0 Å². The Balaban J connectivity index is 4.57. The van der Waals surface area contributed by atoms with E-state index >= 15 is 0 Å². The number of hydrogen-bond acceptors (Lipinski definition) is 1. The van der Waals surface area contributed by atoms with Crippen molar-refractivity contribution in [3.63, 3.8) is 0 Å². The van der Waals surface area contributed by atoms with Crippen molar-refractivity contribution >= 4 is 5.97 Å². The van der Waals surface area contributed by atoms with E-state index in [1.165, 1.54) is 0 Å². The molecule has 0 aliphatic rings. The van der Waals surface area contributed by atoms with Crippen LogP contribution in [0.5, 0.6) is 0 Å². The summed E-state index contributed by atoms with van der Waals surface area (Å²) >= 11 is 0. The summed E-state index contributed by atoms with van der Waals surface area (Å²) < 4.78 is 32.4. The van der Waals surface area contributed by atoms with E-state index in [9.17, 15) is 4.79 Å². The molecule has 0 saturated heterocycles. The van der Waals surface area contributed by atoms with E-state index in [2.05, 4.69) is 0 Å². The summed E-state index contributed by atoms with van der Waals surface area (Å²) in [4.78, 5) is 9.93. The van der Waals surface area contributed by atoms with E-state index in [4.69, 9.17) is 12.0 Å². The summed E-state index contributed by atoms with van der Waals surface area (Å²) in [6.07, 6.45) is -3.15. The van der Waals surface area contributed by atoms with Gasteiger partial charge in [-0.2, -0.15) is 0 Å². The fraction of sp³-hybridized carbons (Fsp3) is 0.667. The summed E-state index contributed by atoms with van der Waals surface area (Å²) in [6, 6.07) is 0. The van der Waals surface area contributed by atoms with Crippen LogP contribution in [-0.4, -0.2) is 11.1 Å². The quantitative estimate of drug-likeness (QED) is 0.496. The van der Waals surface area contributed by atoms with Gasteiger partial charge in [0.25, 0.3) is 0 Å². The van der Waals surface area contributed by atoms with Crippen LogP contribution in [0.15, 0.2) is 0 Å². The van der Waals surface area contributed by atoms with Crippen molar-refractivity contribution < 1.29 is 16.8 Å². The lowest BCUT2D eigenvalue weighted by Crippen LogP contribution is -1.86. The Kier molecular flexibility index (Phi) is 0.264. The van der Waals surface area contributed by atoms with Crippen molar-refractivity contribution in [1.29, 1.82) is 0 Å². The van der Waals surface area contributed by atoms with Crippen LogP contribution in [0, 0.1) is 0 Å². The highest BCUT2D eigenvalue weighted by Gasteiger charge is 1.80. The maximum atomic E-state index is 9.93. The highest BCUT2D eigenvalue weighted by molar-refractivity contribution is 5.66. The predicted molar refractivity (Wildman–Crippen MR) is 17.9 cm³/mol. The van der Waals surface area contributed by atoms with Crippen molar-refractivity contribution in [2.24, 2.45) is 0 Å². The van der Waals surface area contributed by atoms with Crippen LogP contribution < -0.4 is 0 Å². The van der Waals surface area contributed by atoms with Gasteiger partial charge in [-0.3, -0.25) is 4.79 Å². The molecule has 30 valence electrons. The fourth-order valence-electron chi connectivity index (χ4n) is 0. The lowest BCUT2D eigenvalue weighted by Gasteiger charge is -1.71. The van der Waals surface area contributed by atoms with Gasteiger partial charge in [0.15, 0.2) is 0 Å². The van der Waals surface area contributed by atoms with Crippen LogP contribution in [-0.2, 0) is 4.79 Å². The topological polar surface area (TPSA) is 37.3 Å². The highest BCUT2D eigenvalue weighted by atomic mass is 16.4. The molecule has 1 N–H and O–H groups in total. The van der Waals surface area contributed by atoms with Crippen molar-refractivity contribution in [2.45, 2.75) is 13.2 Å². The molecule has 0 aliphatic carbocycles. The van der Waals surface area contributed by atoms with Crippen LogP contribution >= 0.6 is 0 Å². The average molecular weight is 79.1 g/mol. The van der Waals surface area contributed by atoms with Crippen molar-refractivity contribution in [3.05, 3.63) is 0 Å². The number of aliphatic carboxylic acids is 1. The third-order valence-corrected chi connectivity index (χ3v) is 0.107. The number of hydrogen-bond donors (Lipinski definition) is 1. The molecule has 0 aromatic heterocycles. The second-order valence-electron chi connectivity index (χ2n) is 0.430. The highest BCUT2D eigenvalue weighted by Crippen LogP contribution is 1.67. The average Bonchev–Trinajstić information content (AvgIpc) is 1.62. The Labute approximate surface area is 37.4 Å². The number of carbonyl (C=O) groups is 1. The molecule has 0 unspecified atom stereocenters. The van der Waals surface area contributed by atoms with Gasteiger partial charge >= 0.3 is 5.97 Å². The van der Waals surface area contributed by atoms with E-state index < -0.39 is 19.2 Å². The minimum absolute atomic E-state index is 1.97. The van der Waals surface area contributed by atoms with Gasteiger partial charge in [0, 0.05) is 13.2 Å². The Bertz CT molecular complexity index is 147. The zero-order valence-electron chi connectivity index (χ0n) is 7.36. The molecule has 0 saturated carbocycles. The largest absolute Gasteiger partial charge is 0.481 e. The summed E-state index contributed by atoms with van der Waals surface area (Å²) in [6.45, 7) is -3.10. The number of rotatable bonds is 1. The van der Waals surface area contributed by atoms with Crippen LogP contribution in [0.3, 0.4) is 0 Å². The Morgan fingerprint density at radius 2 is 3.20 bits per heavy atom. The fourth-order valence-corrected chi connectivity index (χ4v) is 0. The Hall–Kier alpha value is -0.530. The van der Waals surface area contributed by atoms with Crippen LogP contribution in [0.4, 0.5) is 0 Å². The van der Waals surface area contributed by atoms with Crippen molar-refractivity contribution in [1.82, 2.24) is 0 Å². The molecule has 5 heavy (non-hydrogen) atoms. The lowest BCUT2D eigenvalue weighted by molar-refractivity contribution is -0.136. The van der Waals surface area contributed by atoms with Gasteiger partial charge in [0.2, 0.25) is 0 Å². The molecule has 0 heterocycles. The third kappa shape index (κ3) is 3.47. The van der Waals surface area contributed by atoms with Gasteiger partial charge in [-0.05, 0) is 0 Å². The second-order valence-corrected chi connectivity index (χ2v) is 0.430. The second kappa shape index (κ2) is 1.76. The van der Waals surface area contributed by atoms with Gasteiger partial charge in [0.1, 0.15) is 0 Å². The van der Waals surface area contributed by atoms with E-state index in [-0.39, 0.29) is 0 Å². The zero-order valence-corrected chi connectivity index (χ0v) is 2.36. The van der Waals surface area contributed by atoms with Gasteiger partial charge < -0.3 is 5.11 Å². The van der Waals surface area contributed by atoms with Gasteiger partial charge in [0.05, 0.1) is 0 Å². The van der Waals surface area contributed by atoms with E-state index in [0.29, 0.717) is 0 Å². The zero-order chi connectivity index (χ0) is 8.58. The Morgan fingerprint density at radius 3 is 3.20 bits per heavy atom. The predicted octanol–water partition coefficient (Wildman–Crippen LogP) is 0.481. The first-order valence-electron chi connectivity index (χ1n) is 3.43. The van der Waals surface area contributed by atoms with Gasteiger partial charge in [-0.1, -0.05) is 6.85 Å². The minimum Gasteiger partial charge on any atom is -0.481 e. The molecule has 0 aromatic rings. The Morgan fingerprint density at radius 1 is 2.60 bits per heavy atom. The smallest absolute Gasteiger partial charge is 0.303 e. The van der Waals surface area contributed by atoms with Crippen molar-refractivity contribution in [3.8, 4) is 0 Å². The number of carboxylic acids is 1. The molecule has 0 radical (unpaired) electrons. The molecule has 0 fully saturated rings. The van der Waals surface area contributed by atoms with E-state index in [0.717, 1.165) is 0 Å². The van der Waals surface area contributed by atoms with Gasteiger partial charge in [-0.15, -0.1) is 0 Å². The third-order valence-electron chi connectivity index (χ3n) is 0.107. The van der Waals surface area contributed by atoms with E-state index in [1.54, 1.807) is 0 Å². The molecule has 2 heteroatoms. The molecule has 0 rings (SSSR count). The first kappa shape index (κ1) is 0.750. The first-order chi connectivity index (χ1) is 4.19. The summed E-state index contributed by atoms with van der Waals surface area (Å²) in [5.41, 5.74) is 0. The molecule has 0 bridgehead atoms. The molecule has 0 aliphatic heterocycles. The normalized spacial score (nSPS) is 27.6. The molecule has 2 nitrogen and oxygen atoms in total. The SMILES string of the molecule is [2H]C([2H])([2H])C([2H])([2H])C(=O)O. The molecule has 0 spiro atoms. The standard InChI is InChI=1S/C3H6O2/c1-2-3(4)5/h2H2,1H3,(H,4,5)/i1D3,2D2. The maximum Gasteiger partial charge on any atom is 0.303 e. The molecular weight excluding hydrogens is 68.0 g/mol. The minimum atomic E-state index is -3.15. The number of carboxylic acid groups (broad SMARTS) is 1. The van der Waals surface area contributed by atoms with Gasteiger partial charge in [-0.25, -0.2) is 0 Å². The molecular formula is C3H6O2. The monoisotopic (exact) mass is 79.1 g/mol. The maximum absolute atomic E-state index is 9.93. The lowest BCUT2D eigenvalue weighted by atomic mass is 10.5. The van der Waals surface area contributed by atoms with Crippen LogP contribution in [0.25, 0.3) is 0 Å². The summed E-state index contributed by atoms with van der Waals surface area (Å²) in [5.74, 6) is -1.97. The molecule has 0 aromatic carbocycles. The van der Waals surface area contributed by atoms with Crippen molar-refractivity contribution in [2.75, 3.05) is 0 Å². The molecule has 0 atom stereocenters. The van der Waals surface area contributed by atoms with Crippen LogP contribution in [0.2, 0.25) is 0 Å².